The van der Waals surface area contributed by atoms with Crippen molar-refractivity contribution < 1.29 is 4.79 Å². The van der Waals surface area contributed by atoms with Gasteiger partial charge in [0, 0.05) is 7.05 Å². The standard InChI is InChI=1S/C11H17N3O/c1-3-8-4-6-9(7-5-8)10(12)11(15)14-13-2/h4-7,10,13H,3,12H2,1-2H3,(H,14,15). The molecule has 1 unspecified atom stereocenters. The lowest BCUT2D eigenvalue weighted by Crippen LogP contribution is -2.40. The molecule has 0 aliphatic heterocycles. The largest absolute Gasteiger partial charge is 0.316 e. The maximum Gasteiger partial charge on any atom is 0.255 e. The van der Waals surface area contributed by atoms with Crippen LogP contribution in [-0.4, -0.2) is 13.0 Å². The summed E-state index contributed by atoms with van der Waals surface area (Å²) in [5.74, 6) is -0.234. The highest BCUT2D eigenvalue weighted by atomic mass is 16.2. The fraction of sp³-hybridized carbons (Fsp3) is 0.364. The summed E-state index contributed by atoms with van der Waals surface area (Å²) in [6.45, 7) is 2.09. The van der Waals surface area contributed by atoms with E-state index in [9.17, 15) is 4.79 Å². The van der Waals surface area contributed by atoms with Crippen LogP contribution in [0, 0.1) is 0 Å². The van der Waals surface area contributed by atoms with E-state index in [0.717, 1.165) is 12.0 Å². The van der Waals surface area contributed by atoms with Gasteiger partial charge in [-0.3, -0.25) is 10.2 Å². The Balaban J connectivity index is 2.73. The van der Waals surface area contributed by atoms with E-state index in [0.29, 0.717) is 0 Å². The zero-order valence-corrected chi connectivity index (χ0v) is 9.08. The fourth-order valence-corrected chi connectivity index (χ4v) is 1.31. The monoisotopic (exact) mass is 207 g/mol. The Morgan fingerprint density at radius 2 is 2.00 bits per heavy atom. The van der Waals surface area contributed by atoms with Gasteiger partial charge >= 0.3 is 0 Å². The number of hydrogen-bond donors (Lipinski definition) is 3. The van der Waals surface area contributed by atoms with Crippen LogP contribution < -0.4 is 16.6 Å². The number of carbonyl (C=O) groups excluding carboxylic acids is 1. The maximum absolute atomic E-state index is 11.4. The molecule has 1 atom stereocenters. The normalized spacial score (nSPS) is 12.2. The molecule has 15 heavy (non-hydrogen) atoms. The number of benzene rings is 1. The molecule has 0 saturated carbocycles. The lowest BCUT2D eigenvalue weighted by atomic mass is 10.0. The molecule has 0 fully saturated rings. The molecule has 4 N–H and O–H groups in total. The van der Waals surface area contributed by atoms with E-state index in [2.05, 4.69) is 17.8 Å². The Hall–Kier alpha value is -1.39. The number of hydrogen-bond acceptors (Lipinski definition) is 3. The van der Waals surface area contributed by atoms with Gasteiger partial charge in [-0.15, -0.1) is 0 Å². The summed E-state index contributed by atoms with van der Waals surface area (Å²) in [6, 6.07) is 7.13. The number of nitrogens with two attached hydrogens (primary N) is 1. The van der Waals surface area contributed by atoms with Crippen molar-refractivity contribution in [2.75, 3.05) is 7.05 Å². The van der Waals surface area contributed by atoms with E-state index in [1.807, 2.05) is 24.3 Å². The van der Waals surface area contributed by atoms with Gasteiger partial charge in [-0.25, -0.2) is 5.43 Å². The maximum atomic E-state index is 11.4. The second-order valence-electron chi connectivity index (χ2n) is 3.31. The van der Waals surface area contributed by atoms with Crippen LogP contribution in [0.1, 0.15) is 24.1 Å². The predicted molar refractivity (Wildman–Crippen MR) is 60.0 cm³/mol. The summed E-state index contributed by atoms with van der Waals surface area (Å²) < 4.78 is 0. The van der Waals surface area contributed by atoms with E-state index in [-0.39, 0.29) is 5.91 Å². The van der Waals surface area contributed by atoms with Gasteiger partial charge in [0.2, 0.25) is 0 Å². The van der Waals surface area contributed by atoms with Crippen LogP contribution >= 0.6 is 0 Å². The first-order valence-corrected chi connectivity index (χ1v) is 5.00. The minimum atomic E-state index is -0.622. The number of carbonyl (C=O) groups is 1. The molecule has 0 bridgehead atoms. The third-order valence-corrected chi connectivity index (χ3v) is 2.28. The molecular weight excluding hydrogens is 190 g/mol. The Kier molecular flexibility index (Phi) is 4.27. The van der Waals surface area contributed by atoms with Crippen molar-refractivity contribution in [1.82, 2.24) is 10.9 Å². The van der Waals surface area contributed by atoms with Crippen molar-refractivity contribution in [2.24, 2.45) is 5.73 Å². The average Bonchev–Trinajstić information content (AvgIpc) is 2.28. The molecule has 82 valence electrons. The summed E-state index contributed by atoms with van der Waals surface area (Å²) in [5.41, 5.74) is 12.8. The van der Waals surface area contributed by atoms with Crippen LogP contribution in [0.4, 0.5) is 0 Å². The van der Waals surface area contributed by atoms with E-state index in [4.69, 9.17) is 5.73 Å². The third kappa shape index (κ3) is 3.04. The fourth-order valence-electron chi connectivity index (χ4n) is 1.31. The first-order valence-electron chi connectivity index (χ1n) is 5.00. The molecule has 4 heteroatoms. The molecule has 1 aromatic rings. The molecule has 1 amide bonds. The Morgan fingerprint density at radius 1 is 1.40 bits per heavy atom. The third-order valence-electron chi connectivity index (χ3n) is 2.28. The Morgan fingerprint density at radius 3 is 2.47 bits per heavy atom. The average molecular weight is 207 g/mol. The molecule has 0 radical (unpaired) electrons. The molecule has 0 aromatic heterocycles. The van der Waals surface area contributed by atoms with Gasteiger partial charge in [-0.2, -0.15) is 0 Å². The highest BCUT2D eigenvalue weighted by molar-refractivity contribution is 5.82. The van der Waals surface area contributed by atoms with Gasteiger partial charge in [0.15, 0.2) is 0 Å². The van der Waals surface area contributed by atoms with Crippen molar-refractivity contribution in [1.29, 1.82) is 0 Å². The number of rotatable bonds is 4. The molecule has 0 saturated heterocycles. The lowest BCUT2D eigenvalue weighted by molar-refractivity contribution is -0.123. The predicted octanol–water partition coefficient (Wildman–Crippen LogP) is 0.499. The first kappa shape index (κ1) is 11.7. The first-order chi connectivity index (χ1) is 7.19. The molecule has 0 spiro atoms. The molecule has 0 heterocycles. The van der Waals surface area contributed by atoms with Crippen LogP contribution in [0.3, 0.4) is 0 Å². The Bertz CT molecular complexity index is 321. The zero-order valence-electron chi connectivity index (χ0n) is 9.08. The molecule has 0 aliphatic rings. The number of hydrazine groups is 1. The van der Waals surface area contributed by atoms with E-state index in [1.165, 1.54) is 5.56 Å². The summed E-state index contributed by atoms with van der Waals surface area (Å²) >= 11 is 0. The van der Waals surface area contributed by atoms with Crippen LogP contribution in [0.5, 0.6) is 0 Å². The van der Waals surface area contributed by atoms with Crippen molar-refractivity contribution in [3.8, 4) is 0 Å². The minimum Gasteiger partial charge on any atom is -0.316 e. The topological polar surface area (TPSA) is 67.2 Å². The molecule has 4 nitrogen and oxygen atoms in total. The van der Waals surface area contributed by atoms with Gasteiger partial charge in [-0.05, 0) is 17.5 Å². The van der Waals surface area contributed by atoms with Gasteiger partial charge in [0.05, 0.1) is 0 Å². The van der Waals surface area contributed by atoms with Gasteiger partial charge in [-0.1, -0.05) is 31.2 Å². The lowest BCUT2D eigenvalue weighted by Gasteiger charge is -2.12. The van der Waals surface area contributed by atoms with Crippen molar-refractivity contribution in [3.63, 3.8) is 0 Å². The van der Waals surface area contributed by atoms with Gasteiger partial charge in [0.1, 0.15) is 6.04 Å². The second kappa shape index (κ2) is 5.48. The van der Waals surface area contributed by atoms with Crippen LogP contribution in [0.15, 0.2) is 24.3 Å². The minimum absolute atomic E-state index is 0.234. The number of nitrogens with one attached hydrogen (secondary N) is 2. The number of amides is 1. The summed E-state index contributed by atoms with van der Waals surface area (Å²) in [7, 11) is 1.63. The smallest absolute Gasteiger partial charge is 0.255 e. The van der Waals surface area contributed by atoms with Crippen LogP contribution in [0.25, 0.3) is 0 Å². The van der Waals surface area contributed by atoms with E-state index >= 15 is 0 Å². The molecule has 0 aliphatic carbocycles. The quantitative estimate of drug-likeness (QED) is 0.630. The second-order valence-corrected chi connectivity index (χ2v) is 3.31. The Labute approximate surface area is 89.8 Å². The SMILES string of the molecule is CCc1ccc(C(N)C(=O)NNC)cc1. The highest BCUT2D eigenvalue weighted by Gasteiger charge is 2.14. The van der Waals surface area contributed by atoms with E-state index in [1.54, 1.807) is 7.05 Å². The summed E-state index contributed by atoms with van der Waals surface area (Å²) in [4.78, 5) is 11.4. The number of aryl methyl sites for hydroxylation is 1. The summed E-state index contributed by atoms with van der Waals surface area (Å²) in [5, 5.41) is 0. The molecule has 1 aromatic carbocycles. The van der Waals surface area contributed by atoms with Crippen molar-refractivity contribution >= 4 is 5.91 Å². The molecule has 1 rings (SSSR count). The van der Waals surface area contributed by atoms with Crippen LogP contribution in [-0.2, 0) is 11.2 Å². The molecular formula is C11H17N3O. The highest BCUT2D eigenvalue weighted by Crippen LogP contribution is 2.11. The zero-order chi connectivity index (χ0) is 11.3. The van der Waals surface area contributed by atoms with Gasteiger partial charge < -0.3 is 5.73 Å². The van der Waals surface area contributed by atoms with E-state index < -0.39 is 6.04 Å². The summed E-state index contributed by atoms with van der Waals surface area (Å²) in [6.07, 6.45) is 0.984. The van der Waals surface area contributed by atoms with Crippen molar-refractivity contribution in [2.45, 2.75) is 19.4 Å². The van der Waals surface area contributed by atoms with Crippen LogP contribution in [0.2, 0.25) is 0 Å². The van der Waals surface area contributed by atoms with Gasteiger partial charge in [0.25, 0.3) is 5.91 Å². The van der Waals surface area contributed by atoms with Crippen molar-refractivity contribution in [3.05, 3.63) is 35.4 Å².